The maximum Gasteiger partial charge on any atom is 0.314 e. The van der Waals surface area contributed by atoms with E-state index in [2.05, 4.69) is 4.99 Å². The van der Waals surface area contributed by atoms with E-state index in [1.165, 1.54) is 6.08 Å². The van der Waals surface area contributed by atoms with Gasteiger partial charge in [-0.15, -0.1) is 0 Å². The first-order chi connectivity index (χ1) is 6.40. The zero-order chi connectivity index (χ0) is 10.6. The second kappa shape index (κ2) is 2.26. The molecule has 0 amide bonds. The highest BCUT2D eigenvalue weighted by Crippen LogP contribution is 2.65. The summed E-state index contributed by atoms with van der Waals surface area (Å²) in [6, 6.07) is 0. The van der Waals surface area contributed by atoms with E-state index in [1.54, 1.807) is 0 Å². The molecule has 2 bridgehead atoms. The Labute approximate surface area is 82.3 Å². The average Bonchev–Trinajstić information content (AvgIpc) is 2.35. The highest BCUT2D eigenvalue weighted by atomic mass is 16.6. The number of aliphatic imine (C=N–C) groups is 1. The third-order valence-electron chi connectivity index (χ3n) is 4.26. The largest absolute Gasteiger partial charge is 0.435 e. The van der Waals surface area contributed by atoms with Gasteiger partial charge in [-0.3, -0.25) is 4.79 Å². The van der Waals surface area contributed by atoms with Crippen molar-refractivity contribution in [1.82, 2.24) is 0 Å². The molecule has 0 aromatic carbocycles. The molecule has 4 heteroatoms. The van der Waals surface area contributed by atoms with Gasteiger partial charge in [0.15, 0.2) is 0 Å². The number of nitrogens with zero attached hydrogens (tertiary/aromatic N) is 1. The van der Waals surface area contributed by atoms with Crippen LogP contribution in [-0.4, -0.2) is 17.8 Å². The molecule has 0 spiro atoms. The Bertz CT molecular complexity index is 356. The van der Waals surface area contributed by atoms with Gasteiger partial charge in [0.1, 0.15) is 0 Å². The lowest BCUT2D eigenvalue weighted by atomic mass is 9.69. The average molecular weight is 195 g/mol. The molecule has 1 heterocycles. The van der Waals surface area contributed by atoms with E-state index in [0.717, 1.165) is 6.42 Å². The molecule has 1 aliphatic heterocycles. The molecule has 0 aromatic heterocycles. The lowest BCUT2D eigenvalue weighted by Gasteiger charge is -2.31. The molecule has 2 rings (SSSR count). The Balaban J connectivity index is 2.59. The van der Waals surface area contributed by atoms with Gasteiger partial charge in [0.05, 0.1) is 5.41 Å². The first-order valence-electron chi connectivity index (χ1n) is 4.72. The monoisotopic (exact) mass is 195 g/mol. The minimum absolute atomic E-state index is 0.243. The van der Waals surface area contributed by atoms with Gasteiger partial charge in [-0.25, -0.2) is 4.79 Å². The summed E-state index contributed by atoms with van der Waals surface area (Å²) >= 11 is 0. The van der Waals surface area contributed by atoms with Crippen LogP contribution in [0.5, 0.6) is 0 Å². The smallest absolute Gasteiger partial charge is 0.314 e. The van der Waals surface area contributed by atoms with Crippen molar-refractivity contribution in [1.29, 1.82) is 0 Å². The fourth-order valence-corrected chi connectivity index (χ4v) is 2.57. The number of esters is 1. The van der Waals surface area contributed by atoms with E-state index >= 15 is 0 Å². The molecule has 2 aliphatic rings. The molecule has 2 fully saturated rings. The van der Waals surface area contributed by atoms with E-state index in [0.29, 0.717) is 6.42 Å². The van der Waals surface area contributed by atoms with Crippen molar-refractivity contribution in [3.05, 3.63) is 0 Å². The molecule has 1 saturated carbocycles. The maximum absolute atomic E-state index is 11.6. The number of hydrogen-bond donors (Lipinski definition) is 0. The number of fused-ring (bicyclic) bond motifs is 2. The number of ether oxygens (including phenoxy) is 1. The molecule has 0 N–H and O–H groups in total. The van der Waals surface area contributed by atoms with Crippen LogP contribution < -0.4 is 0 Å². The van der Waals surface area contributed by atoms with Gasteiger partial charge in [0.25, 0.3) is 0 Å². The van der Waals surface area contributed by atoms with Crippen molar-refractivity contribution in [2.45, 2.75) is 39.3 Å². The summed E-state index contributed by atoms with van der Waals surface area (Å²) in [4.78, 5) is 25.7. The zero-order valence-corrected chi connectivity index (χ0v) is 8.59. The highest BCUT2D eigenvalue weighted by molar-refractivity contribution is 5.82. The van der Waals surface area contributed by atoms with Crippen LogP contribution in [0.3, 0.4) is 0 Å². The first kappa shape index (κ1) is 9.41. The molecule has 4 nitrogen and oxygen atoms in total. The van der Waals surface area contributed by atoms with Crippen LogP contribution in [0.15, 0.2) is 4.99 Å². The van der Waals surface area contributed by atoms with Gasteiger partial charge in [0.2, 0.25) is 11.8 Å². The summed E-state index contributed by atoms with van der Waals surface area (Å²) in [5.74, 6) is -0.243. The minimum Gasteiger partial charge on any atom is -0.435 e. The van der Waals surface area contributed by atoms with Gasteiger partial charge >= 0.3 is 5.97 Å². The molecule has 0 radical (unpaired) electrons. The van der Waals surface area contributed by atoms with Crippen molar-refractivity contribution >= 4 is 12.0 Å². The predicted molar refractivity (Wildman–Crippen MR) is 48.1 cm³/mol. The fourth-order valence-electron chi connectivity index (χ4n) is 2.57. The lowest BCUT2D eigenvalue weighted by Crippen LogP contribution is -2.39. The summed E-state index contributed by atoms with van der Waals surface area (Å²) in [5, 5.41) is 0. The van der Waals surface area contributed by atoms with Gasteiger partial charge in [0, 0.05) is 11.8 Å². The van der Waals surface area contributed by atoms with Crippen LogP contribution in [0.4, 0.5) is 0 Å². The topological polar surface area (TPSA) is 55.7 Å². The summed E-state index contributed by atoms with van der Waals surface area (Å²) in [7, 11) is 0. The van der Waals surface area contributed by atoms with E-state index in [1.807, 2.05) is 20.8 Å². The first-order valence-corrected chi connectivity index (χ1v) is 4.72. The fraction of sp³-hybridized carbons (Fsp3) is 0.800. The van der Waals surface area contributed by atoms with Gasteiger partial charge in [-0.05, 0) is 13.3 Å². The molecule has 0 aromatic rings. The van der Waals surface area contributed by atoms with Crippen LogP contribution in [-0.2, 0) is 14.3 Å². The molecule has 2 unspecified atom stereocenters. The van der Waals surface area contributed by atoms with E-state index in [9.17, 15) is 9.59 Å². The van der Waals surface area contributed by atoms with E-state index < -0.39 is 16.6 Å². The van der Waals surface area contributed by atoms with Gasteiger partial charge in [-0.1, -0.05) is 13.8 Å². The maximum atomic E-state index is 11.6. The summed E-state index contributed by atoms with van der Waals surface area (Å²) in [6.07, 6.45) is 2.87. The SMILES string of the molecule is CC12CCC(N=C=O)(OC1=O)C2(C)C. The third kappa shape index (κ3) is 0.697. The zero-order valence-electron chi connectivity index (χ0n) is 8.59. The Morgan fingerprint density at radius 3 is 2.36 bits per heavy atom. The third-order valence-corrected chi connectivity index (χ3v) is 4.26. The molecule has 2 atom stereocenters. The molecular weight excluding hydrogens is 182 g/mol. The number of carbonyl (C=O) groups excluding carboxylic acids is 2. The van der Waals surface area contributed by atoms with Gasteiger partial charge in [-0.2, -0.15) is 4.99 Å². The second-order valence-corrected chi connectivity index (χ2v) is 4.83. The van der Waals surface area contributed by atoms with Crippen LogP contribution in [0, 0.1) is 10.8 Å². The number of isocyanates is 1. The Morgan fingerprint density at radius 1 is 1.36 bits per heavy atom. The van der Waals surface area contributed by atoms with Crippen molar-refractivity contribution in [2.24, 2.45) is 15.8 Å². The normalized spacial score (nSPS) is 43.2. The van der Waals surface area contributed by atoms with Crippen LogP contribution >= 0.6 is 0 Å². The lowest BCUT2D eigenvalue weighted by molar-refractivity contribution is -0.159. The summed E-state index contributed by atoms with van der Waals surface area (Å²) < 4.78 is 5.24. The number of carbonyl (C=O) groups is 1. The van der Waals surface area contributed by atoms with E-state index in [-0.39, 0.29) is 5.97 Å². The standard InChI is InChI=1S/C10H13NO3/c1-8(2)9(3)4-5-10(8,11-6-12)14-7(9)13/h4-5H2,1-3H3. The highest BCUT2D eigenvalue weighted by Gasteiger charge is 2.73. The summed E-state index contributed by atoms with van der Waals surface area (Å²) in [6.45, 7) is 5.72. The van der Waals surface area contributed by atoms with Crippen LogP contribution in [0.25, 0.3) is 0 Å². The second-order valence-electron chi connectivity index (χ2n) is 4.83. The Hall–Kier alpha value is -1.15. The molecule has 14 heavy (non-hydrogen) atoms. The predicted octanol–water partition coefficient (Wildman–Crippen LogP) is 1.40. The van der Waals surface area contributed by atoms with Crippen molar-refractivity contribution in [3.63, 3.8) is 0 Å². The molecule has 1 aliphatic carbocycles. The van der Waals surface area contributed by atoms with Crippen molar-refractivity contribution in [3.8, 4) is 0 Å². The van der Waals surface area contributed by atoms with Crippen molar-refractivity contribution < 1.29 is 14.3 Å². The van der Waals surface area contributed by atoms with Crippen LogP contribution in [0.1, 0.15) is 33.6 Å². The quantitative estimate of drug-likeness (QED) is 0.361. The van der Waals surface area contributed by atoms with Gasteiger partial charge < -0.3 is 4.74 Å². The Morgan fingerprint density at radius 2 is 2.00 bits per heavy atom. The van der Waals surface area contributed by atoms with Crippen LogP contribution in [0.2, 0.25) is 0 Å². The summed E-state index contributed by atoms with van der Waals surface area (Å²) in [5.41, 5.74) is -1.89. The Kier molecular flexibility index (Phi) is 1.52. The number of hydrogen-bond acceptors (Lipinski definition) is 4. The molecular formula is C10H13NO3. The number of rotatable bonds is 1. The minimum atomic E-state index is -0.958. The van der Waals surface area contributed by atoms with Crippen molar-refractivity contribution in [2.75, 3.05) is 0 Å². The molecule has 76 valence electrons. The molecule has 1 saturated heterocycles. The van der Waals surface area contributed by atoms with E-state index in [4.69, 9.17) is 4.74 Å².